The van der Waals surface area contributed by atoms with Crippen LogP contribution in [-0.2, 0) is 14.4 Å². The number of amides is 5. The minimum Gasteiger partial charge on any atom is -0.493 e. The van der Waals surface area contributed by atoms with Gasteiger partial charge in [0.25, 0.3) is 17.7 Å². The van der Waals surface area contributed by atoms with E-state index in [9.17, 15) is 19.2 Å². The minimum absolute atomic E-state index is 0.252. The SMILES string of the molecule is COc1cc(/C=C2\C(=O)NC(=O)N(c3cc(Cl)ccc3C)C2=O)cc(Br)c1OCC(=O)Nc1cccc(C)c1. The Morgan fingerprint density at radius 2 is 1.87 bits per heavy atom. The zero-order chi connectivity index (χ0) is 28.3. The lowest BCUT2D eigenvalue weighted by Gasteiger charge is -2.27. The second-order valence-corrected chi connectivity index (χ2v) is 9.92. The molecule has 39 heavy (non-hydrogen) atoms. The molecule has 0 aromatic heterocycles. The average Bonchev–Trinajstić information content (AvgIpc) is 2.87. The predicted molar refractivity (Wildman–Crippen MR) is 151 cm³/mol. The van der Waals surface area contributed by atoms with Gasteiger partial charge in [-0.15, -0.1) is 0 Å². The molecule has 0 saturated carbocycles. The summed E-state index contributed by atoms with van der Waals surface area (Å²) in [6.45, 7) is 3.34. The van der Waals surface area contributed by atoms with Crippen LogP contribution >= 0.6 is 27.5 Å². The van der Waals surface area contributed by atoms with Gasteiger partial charge in [-0.2, -0.15) is 0 Å². The monoisotopic (exact) mass is 611 g/mol. The van der Waals surface area contributed by atoms with Crippen LogP contribution in [-0.4, -0.2) is 37.5 Å². The van der Waals surface area contributed by atoms with Crippen LogP contribution in [0.25, 0.3) is 6.08 Å². The smallest absolute Gasteiger partial charge is 0.335 e. The van der Waals surface area contributed by atoms with Gasteiger partial charge in [0.1, 0.15) is 5.57 Å². The number of anilines is 2. The molecule has 4 rings (SSSR count). The van der Waals surface area contributed by atoms with Crippen LogP contribution < -0.4 is 25.0 Å². The third-order valence-corrected chi connectivity index (χ3v) is 6.55. The quantitative estimate of drug-likeness (QED) is 0.272. The fourth-order valence-corrected chi connectivity index (χ4v) is 4.63. The molecule has 2 N–H and O–H groups in total. The summed E-state index contributed by atoms with van der Waals surface area (Å²) in [6.07, 6.45) is 1.33. The molecule has 0 bridgehead atoms. The van der Waals surface area contributed by atoms with E-state index in [2.05, 4.69) is 26.6 Å². The summed E-state index contributed by atoms with van der Waals surface area (Å²) < 4.78 is 11.6. The zero-order valence-electron chi connectivity index (χ0n) is 21.1. The van der Waals surface area contributed by atoms with Crippen LogP contribution in [0, 0.1) is 13.8 Å². The molecule has 1 heterocycles. The van der Waals surface area contributed by atoms with Crippen molar-refractivity contribution in [1.29, 1.82) is 0 Å². The van der Waals surface area contributed by atoms with Gasteiger partial charge in [0.15, 0.2) is 18.1 Å². The first-order valence-electron chi connectivity index (χ1n) is 11.6. The number of halogens is 2. The molecule has 1 fully saturated rings. The summed E-state index contributed by atoms with van der Waals surface area (Å²) in [4.78, 5) is 51.7. The van der Waals surface area contributed by atoms with Crippen molar-refractivity contribution in [3.05, 3.63) is 86.4 Å². The van der Waals surface area contributed by atoms with E-state index >= 15 is 0 Å². The number of rotatable bonds is 7. The van der Waals surface area contributed by atoms with Crippen molar-refractivity contribution in [3.8, 4) is 11.5 Å². The van der Waals surface area contributed by atoms with Gasteiger partial charge in [0.2, 0.25) is 0 Å². The number of carbonyl (C=O) groups is 4. The molecule has 5 amide bonds. The average molecular weight is 613 g/mol. The molecule has 9 nitrogen and oxygen atoms in total. The van der Waals surface area contributed by atoms with Crippen molar-refractivity contribution in [2.45, 2.75) is 13.8 Å². The highest BCUT2D eigenvalue weighted by Gasteiger charge is 2.37. The number of ether oxygens (including phenoxy) is 2. The van der Waals surface area contributed by atoms with E-state index in [0.717, 1.165) is 10.5 Å². The van der Waals surface area contributed by atoms with Gasteiger partial charge in [0.05, 0.1) is 17.3 Å². The molecule has 1 aliphatic heterocycles. The molecular formula is C28H23BrClN3O6. The Hall–Kier alpha value is -4.15. The van der Waals surface area contributed by atoms with E-state index in [-0.39, 0.29) is 35.3 Å². The van der Waals surface area contributed by atoms with Crippen LogP contribution in [0.4, 0.5) is 16.2 Å². The molecule has 1 saturated heterocycles. The van der Waals surface area contributed by atoms with Crippen molar-refractivity contribution in [3.63, 3.8) is 0 Å². The lowest BCUT2D eigenvalue weighted by molar-refractivity contribution is -0.122. The number of aryl methyl sites for hydroxylation is 2. The van der Waals surface area contributed by atoms with Crippen molar-refractivity contribution in [1.82, 2.24) is 5.32 Å². The Kier molecular flexibility index (Phi) is 8.37. The summed E-state index contributed by atoms with van der Waals surface area (Å²) >= 11 is 9.48. The first-order chi connectivity index (χ1) is 18.6. The Morgan fingerprint density at radius 1 is 1.10 bits per heavy atom. The summed E-state index contributed by atoms with van der Waals surface area (Å²) in [6, 6.07) is 14.4. The molecule has 0 aliphatic carbocycles. The fraction of sp³-hybridized carbons (Fsp3) is 0.143. The molecule has 11 heteroatoms. The number of imide groups is 2. The van der Waals surface area contributed by atoms with Gasteiger partial charge < -0.3 is 14.8 Å². The summed E-state index contributed by atoms with van der Waals surface area (Å²) in [5.74, 6) is -1.51. The Morgan fingerprint density at radius 3 is 2.59 bits per heavy atom. The predicted octanol–water partition coefficient (Wildman–Crippen LogP) is 5.41. The molecule has 0 atom stereocenters. The van der Waals surface area contributed by atoms with E-state index in [1.54, 1.807) is 31.2 Å². The van der Waals surface area contributed by atoms with E-state index in [4.69, 9.17) is 21.1 Å². The maximum Gasteiger partial charge on any atom is 0.335 e. The number of methoxy groups -OCH3 is 1. The minimum atomic E-state index is -0.876. The van der Waals surface area contributed by atoms with Crippen LogP contribution in [0.1, 0.15) is 16.7 Å². The van der Waals surface area contributed by atoms with Crippen LogP contribution in [0.5, 0.6) is 11.5 Å². The van der Waals surface area contributed by atoms with E-state index in [1.807, 2.05) is 25.1 Å². The first-order valence-corrected chi connectivity index (χ1v) is 12.8. The lowest BCUT2D eigenvalue weighted by Crippen LogP contribution is -2.54. The molecule has 0 radical (unpaired) electrons. The summed E-state index contributed by atoms with van der Waals surface area (Å²) in [7, 11) is 1.42. The molecule has 1 aliphatic rings. The zero-order valence-corrected chi connectivity index (χ0v) is 23.5. The standard InChI is InChI=1S/C28H23BrClN3O6/c1-15-5-4-6-19(9-15)31-24(34)14-39-25-21(29)11-17(12-23(25)38-3)10-20-26(35)32-28(37)33(27(20)36)22-13-18(30)8-7-16(22)2/h4-13H,14H2,1-3H3,(H,31,34)(H,32,35,37)/b20-10+. The molecule has 3 aromatic rings. The number of barbiturate groups is 1. The van der Waals surface area contributed by atoms with Gasteiger partial charge in [0, 0.05) is 10.7 Å². The maximum absolute atomic E-state index is 13.3. The third kappa shape index (κ3) is 6.30. The normalized spacial score (nSPS) is 14.3. The Bertz CT molecular complexity index is 1540. The van der Waals surface area contributed by atoms with Crippen LogP contribution in [0.2, 0.25) is 5.02 Å². The topological polar surface area (TPSA) is 114 Å². The number of nitrogens with one attached hydrogen (secondary N) is 2. The number of urea groups is 1. The lowest BCUT2D eigenvalue weighted by atomic mass is 10.1. The highest BCUT2D eigenvalue weighted by atomic mass is 79.9. The van der Waals surface area contributed by atoms with E-state index < -0.39 is 17.8 Å². The van der Waals surface area contributed by atoms with Crippen molar-refractivity contribution >= 4 is 68.7 Å². The van der Waals surface area contributed by atoms with Gasteiger partial charge in [-0.25, -0.2) is 9.69 Å². The van der Waals surface area contributed by atoms with Crippen LogP contribution in [0.15, 0.2) is 64.6 Å². The summed E-state index contributed by atoms with van der Waals surface area (Å²) in [5.41, 5.74) is 2.67. The number of carbonyl (C=O) groups excluding carboxylic acids is 4. The Balaban J connectivity index is 1.58. The number of hydrogen-bond donors (Lipinski definition) is 2. The van der Waals surface area contributed by atoms with Crippen molar-refractivity contribution < 1.29 is 28.7 Å². The highest BCUT2D eigenvalue weighted by molar-refractivity contribution is 9.10. The molecule has 0 spiro atoms. The third-order valence-electron chi connectivity index (χ3n) is 5.73. The Labute approximate surface area is 237 Å². The second kappa shape index (κ2) is 11.7. The number of hydrogen-bond acceptors (Lipinski definition) is 6. The molecule has 0 unspecified atom stereocenters. The molecule has 3 aromatic carbocycles. The second-order valence-electron chi connectivity index (χ2n) is 8.63. The van der Waals surface area contributed by atoms with Gasteiger partial charge in [-0.05, 0) is 88.9 Å². The van der Waals surface area contributed by atoms with Gasteiger partial charge in [-0.1, -0.05) is 29.8 Å². The van der Waals surface area contributed by atoms with Crippen molar-refractivity contribution in [2.75, 3.05) is 23.9 Å². The number of nitrogens with zero attached hydrogens (tertiary/aromatic N) is 1. The maximum atomic E-state index is 13.3. The van der Waals surface area contributed by atoms with E-state index in [1.165, 1.54) is 25.3 Å². The largest absolute Gasteiger partial charge is 0.493 e. The number of benzene rings is 3. The highest BCUT2D eigenvalue weighted by Crippen LogP contribution is 2.38. The van der Waals surface area contributed by atoms with Gasteiger partial charge in [-0.3, -0.25) is 19.7 Å². The van der Waals surface area contributed by atoms with E-state index in [0.29, 0.717) is 26.3 Å². The van der Waals surface area contributed by atoms with Gasteiger partial charge >= 0.3 is 6.03 Å². The fourth-order valence-electron chi connectivity index (χ4n) is 3.89. The first kappa shape index (κ1) is 27.9. The van der Waals surface area contributed by atoms with Crippen LogP contribution in [0.3, 0.4) is 0 Å². The molecular weight excluding hydrogens is 590 g/mol. The summed E-state index contributed by atoms with van der Waals surface area (Å²) in [5, 5.41) is 5.28. The molecule has 200 valence electrons. The van der Waals surface area contributed by atoms with Crippen molar-refractivity contribution in [2.24, 2.45) is 0 Å².